The van der Waals surface area contributed by atoms with E-state index in [1.807, 2.05) is 0 Å². The fourth-order valence-corrected chi connectivity index (χ4v) is 7.35. The molecule has 0 radical (unpaired) electrons. The van der Waals surface area contributed by atoms with E-state index in [9.17, 15) is 9.59 Å². The van der Waals surface area contributed by atoms with Gasteiger partial charge in [0.15, 0.2) is 0 Å². The van der Waals surface area contributed by atoms with E-state index < -0.39 is 12.2 Å². The Hall–Kier alpha value is -1.46. The number of nitrogens with zero attached hydrogens (tertiary/aromatic N) is 2. The molecule has 2 amide bonds. The second kappa shape index (κ2) is 8.96. The number of ether oxygens (including phenoxy) is 2. The van der Waals surface area contributed by atoms with E-state index in [0.717, 1.165) is 49.4 Å². The van der Waals surface area contributed by atoms with E-state index >= 15 is 0 Å². The van der Waals surface area contributed by atoms with Gasteiger partial charge in [-0.15, -0.1) is 0 Å². The molecule has 0 aromatic carbocycles. The number of azo groups is 1. The van der Waals surface area contributed by atoms with Gasteiger partial charge in [0.1, 0.15) is 0 Å². The van der Waals surface area contributed by atoms with Crippen LogP contribution >= 0.6 is 0 Å². The summed E-state index contributed by atoms with van der Waals surface area (Å²) in [5, 5.41) is 6.89. The number of fused-ring (bicyclic) bond motifs is 4. The Bertz CT molecular complexity index is 596. The van der Waals surface area contributed by atoms with Crippen molar-refractivity contribution in [1.29, 1.82) is 0 Å². The van der Waals surface area contributed by atoms with Crippen LogP contribution in [0.15, 0.2) is 10.2 Å². The van der Waals surface area contributed by atoms with E-state index in [2.05, 4.69) is 24.1 Å². The van der Waals surface area contributed by atoms with Gasteiger partial charge in [0, 0.05) is 10.8 Å². The van der Waals surface area contributed by atoms with E-state index in [-0.39, 0.29) is 10.8 Å². The fourth-order valence-electron chi connectivity index (χ4n) is 7.35. The van der Waals surface area contributed by atoms with Crippen LogP contribution in [-0.4, -0.2) is 25.4 Å². The fraction of sp³-hybridized carbons (Fsp3) is 0.917. The number of carbonyl (C=O) groups is 2. The molecule has 4 atom stereocenters. The topological polar surface area (TPSA) is 77.3 Å². The third kappa shape index (κ3) is 5.61. The second-order valence-corrected chi connectivity index (χ2v) is 11.5. The summed E-state index contributed by atoms with van der Waals surface area (Å²) in [5.41, 5.74) is 0.0423. The Kier molecular flexibility index (Phi) is 6.50. The molecule has 4 fully saturated rings. The number of carbonyl (C=O) groups excluding carboxylic acids is 2. The van der Waals surface area contributed by atoms with Crippen molar-refractivity contribution < 1.29 is 19.1 Å². The molecule has 4 rings (SSSR count). The van der Waals surface area contributed by atoms with Crippen molar-refractivity contribution >= 4 is 12.2 Å². The molecule has 0 aromatic rings. The summed E-state index contributed by atoms with van der Waals surface area (Å²) in [7, 11) is 0. The molecule has 4 bridgehead atoms. The molecule has 0 aliphatic heterocycles. The average Bonchev–Trinajstić information content (AvgIpc) is 2.68. The molecular weight excluding hydrogens is 380 g/mol. The van der Waals surface area contributed by atoms with Crippen LogP contribution in [0.4, 0.5) is 9.59 Å². The van der Waals surface area contributed by atoms with Crippen LogP contribution in [0.2, 0.25) is 0 Å². The van der Waals surface area contributed by atoms with Crippen LogP contribution in [-0.2, 0) is 9.47 Å². The smallest absolute Gasteiger partial charge is 0.446 e. The van der Waals surface area contributed by atoms with Crippen LogP contribution in [0.25, 0.3) is 0 Å². The largest absolute Gasteiger partial charge is 0.452 e. The van der Waals surface area contributed by atoms with E-state index in [1.54, 1.807) is 0 Å². The highest BCUT2D eigenvalue weighted by molar-refractivity contribution is 5.73. The van der Waals surface area contributed by atoms with E-state index in [4.69, 9.17) is 9.47 Å². The normalized spacial score (nSPS) is 40.7. The molecule has 6 heteroatoms. The van der Waals surface area contributed by atoms with Gasteiger partial charge in [0.2, 0.25) is 0 Å². The summed E-state index contributed by atoms with van der Waals surface area (Å²) in [6.07, 6.45) is 13.4. The number of amides is 2. The maximum Gasteiger partial charge on any atom is 0.452 e. The number of hydrogen-bond donors (Lipinski definition) is 0. The monoisotopic (exact) mass is 418 g/mol. The summed E-state index contributed by atoms with van der Waals surface area (Å²) in [5.74, 6) is 3.05. The van der Waals surface area contributed by atoms with Crippen LogP contribution in [0, 0.1) is 34.5 Å². The van der Waals surface area contributed by atoms with Crippen molar-refractivity contribution in [3.05, 3.63) is 0 Å². The van der Waals surface area contributed by atoms with Crippen LogP contribution < -0.4 is 0 Å². The second-order valence-electron chi connectivity index (χ2n) is 11.5. The molecular formula is C24H38N2O4. The van der Waals surface area contributed by atoms with Gasteiger partial charge < -0.3 is 9.47 Å². The molecule has 0 spiro atoms. The Labute approximate surface area is 180 Å². The molecule has 4 unspecified atom stereocenters. The van der Waals surface area contributed by atoms with Gasteiger partial charge in [-0.1, -0.05) is 62.6 Å². The zero-order valence-electron chi connectivity index (χ0n) is 18.7. The lowest BCUT2D eigenvalue weighted by Gasteiger charge is -2.45. The first-order chi connectivity index (χ1) is 14.3. The summed E-state index contributed by atoms with van der Waals surface area (Å²) in [6, 6.07) is 0. The van der Waals surface area contributed by atoms with Gasteiger partial charge >= 0.3 is 12.2 Å². The first-order valence-corrected chi connectivity index (χ1v) is 12.1. The summed E-state index contributed by atoms with van der Waals surface area (Å²) < 4.78 is 10.7. The predicted octanol–water partition coefficient (Wildman–Crippen LogP) is 6.92. The molecule has 4 aliphatic rings. The molecule has 30 heavy (non-hydrogen) atoms. The molecule has 168 valence electrons. The minimum atomic E-state index is -0.790. The van der Waals surface area contributed by atoms with Crippen molar-refractivity contribution in [1.82, 2.24) is 0 Å². The van der Waals surface area contributed by atoms with E-state index in [0.29, 0.717) is 13.2 Å². The summed E-state index contributed by atoms with van der Waals surface area (Å²) >= 11 is 0. The first-order valence-electron chi connectivity index (χ1n) is 12.1. The standard InChI is InChI=1S/C24H38N2O4/c1-23(11-17-5-3-6-18(9-17)12-23)15-29-21(27)25-26-22(28)30-16-24(2)13-19-7-4-8-20(10-19)14-24/h17-20H,3-16H2,1-2H3. The third-order valence-electron chi connectivity index (χ3n) is 8.21. The lowest BCUT2D eigenvalue weighted by Crippen LogP contribution is -2.37. The highest BCUT2D eigenvalue weighted by Crippen LogP contribution is 2.49. The lowest BCUT2D eigenvalue weighted by atomic mass is 9.62. The Morgan fingerprint density at radius 1 is 0.700 bits per heavy atom. The average molecular weight is 419 g/mol. The van der Waals surface area contributed by atoms with Gasteiger partial charge in [-0.3, -0.25) is 0 Å². The lowest BCUT2D eigenvalue weighted by molar-refractivity contribution is 0.0111. The summed E-state index contributed by atoms with van der Waals surface area (Å²) in [6.45, 7) is 5.12. The van der Waals surface area contributed by atoms with Crippen molar-refractivity contribution in [2.24, 2.45) is 44.7 Å². The maximum atomic E-state index is 12.0. The quantitative estimate of drug-likeness (QED) is 0.464. The van der Waals surface area contributed by atoms with Gasteiger partial charge in [-0.05, 0) is 62.2 Å². The van der Waals surface area contributed by atoms with Crippen molar-refractivity contribution in [3.8, 4) is 0 Å². The van der Waals surface area contributed by atoms with Crippen molar-refractivity contribution in [2.75, 3.05) is 13.2 Å². The summed E-state index contributed by atoms with van der Waals surface area (Å²) in [4.78, 5) is 24.0. The highest BCUT2D eigenvalue weighted by atomic mass is 16.6. The van der Waals surface area contributed by atoms with Crippen LogP contribution in [0.1, 0.15) is 90.9 Å². The zero-order valence-corrected chi connectivity index (χ0v) is 18.7. The molecule has 4 aliphatic carbocycles. The van der Waals surface area contributed by atoms with Crippen molar-refractivity contribution in [2.45, 2.75) is 90.9 Å². The molecule has 0 saturated heterocycles. The van der Waals surface area contributed by atoms with Crippen LogP contribution in [0.5, 0.6) is 0 Å². The van der Waals surface area contributed by atoms with E-state index in [1.165, 1.54) is 51.4 Å². The molecule has 6 nitrogen and oxygen atoms in total. The maximum absolute atomic E-state index is 12.0. The molecule has 0 aromatic heterocycles. The highest BCUT2D eigenvalue weighted by Gasteiger charge is 2.41. The number of hydrogen-bond acceptors (Lipinski definition) is 4. The minimum Gasteiger partial charge on any atom is -0.446 e. The van der Waals surface area contributed by atoms with Crippen molar-refractivity contribution in [3.63, 3.8) is 0 Å². The number of rotatable bonds is 4. The van der Waals surface area contributed by atoms with Crippen LogP contribution in [0.3, 0.4) is 0 Å². The third-order valence-corrected chi connectivity index (χ3v) is 8.21. The minimum absolute atomic E-state index is 0.0212. The van der Waals surface area contributed by atoms with Gasteiger partial charge in [-0.2, -0.15) is 0 Å². The van der Waals surface area contributed by atoms with Gasteiger partial charge in [0.05, 0.1) is 13.2 Å². The van der Waals surface area contributed by atoms with Gasteiger partial charge in [0.25, 0.3) is 0 Å². The molecule has 0 N–H and O–H groups in total. The SMILES string of the molecule is CC1(COC(=O)N=NC(=O)OCC2(C)CC3CCCC(C3)C2)CC2CCCC(C2)C1. The Morgan fingerprint density at radius 3 is 1.37 bits per heavy atom. The van der Waals surface area contributed by atoms with Gasteiger partial charge in [-0.25, -0.2) is 9.59 Å². The Balaban J connectivity index is 1.19. The molecule has 0 heterocycles. The molecule has 4 saturated carbocycles. The Morgan fingerprint density at radius 2 is 1.03 bits per heavy atom. The zero-order chi connectivity index (χ0) is 21.2. The predicted molar refractivity (Wildman–Crippen MR) is 113 cm³/mol. The first kappa shape index (κ1) is 21.8.